The summed E-state index contributed by atoms with van der Waals surface area (Å²) in [6, 6.07) is 3.85. The van der Waals surface area contributed by atoms with Gasteiger partial charge in [0.05, 0.1) is 18.8 Å². The minimum Gasteiger partial charge on any atom is -0.465 e. The molecule has 0 spiro atoms. The Balaban J connectivity index is 1.70. The van der Waals surface area contributed by atoms with Gasteiger partial charge in [0.2, 0.25) is 0 Å². The maximum atomic E-state index is 14.1. The van der Waals surface area contributed by atoms with Crippen LogP contribution in [0, 0.1) is 34.0 Å². The van der Waals surface area contributed by atoms with Crippen LogP contribution in [-0.2, 0) is 16.1 Å². The molecule has 204 valence electrons. The molecule has 0 radical (unpaired) electrons. The molecule has 2 amide bonds. The highest BCUT2D eigenvalue weighted by Gasteiger charge is 2.68. The highest BCUT2D eigenvalue weighted by Crippen LogP contribution is 2.68. The number of amides is 2. The maximum absolute atomic E-state index is 14.1. The Hall–Kier alpha value is -2.49. The number of ketones is 1. The summed E-state index contributed by atoms with van der Waals surface area (Å²) in [6.07, 6.45) is 2.19. The van der Waals surface area contributed by atoms with E-state index < -0.39 is 53.4 Å². The van der Waals surface area contributed by atoms with Crippen molar-refractivity contribution >= 4 is 30.4 Å². The number of aliphatic hydroxyl groups is 1. The summed E-state index contributed by atoms with van der Waals surface area (Å²) < 4.78 is 5.26. The molecule has 38 heavy (non-hydrogen) atoms. The number of hydrogen-bond donors (Lipinski definition) is 3. The van der Waals surface area contributed by atoms with E-state index in [2.05, 4.69) is 13.5 Å². The monoisotopic (exact) mass is 523 g/mol. The average molecular weight is 523 g/mol. The Morgan fingerprint density at radius 3 is 2.61 bits per heavy atom. The fraction of sp³-hybridized carbons (Fsp3) is 0.621. The Morgan fingerprint density at radius 2 is 1.95 bits per heavy atom. The lowest BCUT2D eigenvalue weighted by Crippen LogP contribution is -2.67. The first-order valence-corrected chi connectivity index (χ1v) is 13.6. The van der Waals surface area contributed by atoms with Crippen LogP contribution in [0.15, 0.2) is 30.9 Å². The average Bonchev–Trinajstić information content (AvgIpc) is 3.44. The normalized spacial score (nSPS) is 40.1. The van der Waals surface area contributed by atoms with Gasteiger partial charge in [-0.05, 0) is 66.1 Å². The standard InChI is InChI=1S/C29H38BNO7/c1-6-27(4)14-22(31(26(35)36)25(34)18-7-8-19-15-38-30(37)20(19)13-18)28(5)16(2)9-11-29(17(3)24(27)33)12-10-21(32)23(28)29/h6-8,13,16-17,22-24,33,37H,1,9-12,14-15H2,2-5H3,(H,35,36)/t16-,17+,22-,23+,24+,27-,28+,29+/m1/s1. The van der Waals surface area contributed by atoms with Gasteiger partial charge in [0.1, 0.15) is 5.78 Å². The number of nitrogens with zero attached hydrogens (tertiary/aromatic N) is 1. The summed E-state index contributed by atoms with van der Waals surface area (Å²) in [5.41, 5.74) is -0.875. The van der Waals surface area contributed by atoms with Crippen LogP contribution in [0.5, 0.6) is 0 Å². The molecule has 5 rings (SSSR count). The number of carboxylic acid groups (broad SMARTS) is 1. The van der Waals surface area contributed by atoms with Crippen molar-refractivity contribution in [3.8, 4) is 0 Å². The zero-order chi connectivity index (χ0) is 27.8. The van der Waals surface area contributed by atoms with E-state index in [9.17, 15) is 29.6 Å². The first kappa shape index (κ1) is 27.1. The molecule has 1 aliphatic heterocycles. The van der Waals surface area contributed by atoms with Crippen molar-refractivity contribution in [1.82, 2.24) is 4.90 Å². The van der Waals surface area contributed by atoms with Crippen LogP contribution in [-0.4, -0.2) is 57.2 Å². The van der Waals surface area contributed by atoms with Crippen LogP contribution in [0.3, 0.4) is 0 Å². The Labute approximate surface area is 224 Å². The van der Waals surface area contributed by atoms with E-state index in [4.69, 9.17) is 4.65 Å². The predicted molar refractivity (Wildman–Crippen MR) is 142 cm³/mol. The van der Waals surface area contributed by atoms with Crippen molar-refractivity contribution < 1.29 is 34.3 Å². The van der Waals surface area contributed by atoms with Crippen LogP contribution in [0.1, 0.15) is 75.7 Å². The number of fused-ring (bicyclic) bond motifs is 1. The minimum atomic E-state index is -1.40. The van der Waals surface area contributed by atoms with Gasteiger partial charge < -0.3 is 19.9 Å². The largest absolute Gasteiger partial charge is 0.491 e. The van der Waals surface area contributed by atoms with Crippen LogP contribution in [0.4, 0.5) is 4.79 Å². The molecule has 9 heteroatoms. The number of imide groups is 1. The van der Waals surface area contributed by atoms with E-state index >= 15 is 0 Å². The number of rotatable bonds is 3. The number of aliphatic hydroxyl groups excluding tert-OH is 1. The molecular formula is C29H38BNO7. The maximum Gasteiger partial charge on any atom is 0.491 e. The third kappa shape index (κ3) is 3.58. The summed E-state index contributed by atoms with van der Waals surface area (Å²) >= 11 is 0. The van der Waals surface area contributed by atoms with Crippen molar-refractivity contribution in [3.05, 3.63) is 42.0 Å². The van der Waals surface area contributed by atoms with Crippen molar-refractivity contribution in [3.63, 3.8) is 0 Å². The summed E-state index contributed by atoms with van der Waals surface area (Å²) in [4.78, 5) is 41.6. The van der Waals surface area contributed by atoms with Gasteiger partial charge in [-0.1, -0.05) is 39.8 Å². The van der Waals surface area contributed by atoms with Crippen LogP contribution >= 0.6 is 0 Å². The van der Waals surface area contributed by atoms with Gasteiger partial charge in [0.15, 0.2) is 0 Å². The van der Waals surface area contributed by atoms with E-state index in [0.717, 1.165) is 23.3 Å². The highest BCUT2D eigenvalue weighted by molar-refractivity contribution is 6.61. The summed E-state index contributed by atoms with van der Waals surface area (Å²) in [7, 11) is -1.18. The lowest BCUT2D eigenvalue weighted by Gasteiger charge is -2.63. The zero-order valence-electron chi connectivity index (χ0n) is 22.6. The Kier molecular flexibility index (Phi) is 6.44. The number of carbonyl (C=O) groups excluding carboxylic acids is 2. The van der Waals surface area contributed by atoms with Gasteiger partial charge in [0.25, 0.3) is 5.91 Å². The fourth-order valence-corrected chi connectivity index (χ4v) is 8.59. The summed E-state index contributed by atoms with van der Waals surface area (Å²) in [5.74, 6) is -1.31. The molecule has 0 unspecified atom stereocenters. The molecule has 3 fully saturated rings. The quantitative estimate of drug-likeness (QED) is 0.410. The zero-order valence-corrected chi connectivity index (χ0v) is 22.6. The number of carbonyl (C=O) groups is 3. The molecule has 1 aromatic carbocycles. The van der Waals surface area contributed by atoms with E-state index in [-0.39, 0.29) is 36.2 Å². The van der Waals surface area contributed by atoms with Crippen LogP contribution < -0.4 is 5.46 Å². The molecular weight excluding hydrogens is 485 g/mol. The molecule has 0 aromatic heterocycles. The molecule has 3 aliphatic carbocycles. The Morgan fingerprint density at radius 1 is 1.24 bits per heavy atom. The lowest BCUT2D eigenvalue weighted by atomic mass is 9.43. The number of benzene rings is 1. The first-order chi connectivity index (χ1) is 17.8. The van der Waals surface area contributed by atoms with Crippen molar-refractivity contribution in [2.24, 2.45) is 34.0 Å². The molecule has 1 aromatic rings. The lowest BCUT2D eigenvalue weighted by molar-refractivity contribution is -0.174. The molecule has 8 nitrogen and oxygen atoms in total. The van der Waals surface area contributed by atoms with Gasteiger partial charge >= 0.3 is 13.2 Å². The van der Waals surface area contributed by atoms with Crippen molar-refractivity contribution in [2.75, 3.05) is 0 Å². The summed E-state index contributed by atoms with van der Waals surface area (Å²) in [6.45, 7) is 12.2. The van der Waals surface area contributed by atoms with Gasteiger partial charge in [0, 0.05) is 28.7 Å². The molecule has 3 saturated carbocycles. The van der Waals surface area contributed by atoms with Gasteiger partial charge in [-0.25, -0.2) is 9.69 Å². The van der Waals surface area contributed by atoms with E-state index in [1.165, 1.54) is 6.07 Å². The summed E-state index contributed by atoms with van der Waals surface area (Å²) in [5, 5.41) is 32.5. The van der Waals surface area contributed by atoms with Gasteiger partial charge in [-0.2, -0.15) is 0 Å². The number of hydrogen-bond acceptors (Lipinski definition) is 6. The number of Topliss-reactive ketones (excluding diaryl/α,β-unsaturated/α-hetero) is 1. The topological polar surface area (TPSA) is 124 Å². The molecule has 3 N–H and O–H groups in total. The van der Waals surface area contributed by atoms with Gasteiger partial charge in [-0.3, -0.25) is 9.59 Å². The molecule has 1 heterocycles. The molecule has 8 atom stereocenters. The van der Waals surface area contributed by atoms with Gasteiger partial charge in [-0.15, -0.1) is 6.58 Å². The SMILES string of the molecule is C=C[C@]1(C)C[C@@H](N(C(=O)O)C(=O)c2ccc3c(c2)B(O)OC3)[C@]2(C)[C@H](C)CC[C@]3(CCC(=O)[C@H]32)[C@@H](C)[C@@H]1O. The predicted octanol–water partition coefficient (Wildman–Crippen LogP) is 3.39. The third-order valence-corrected chi connectivity index (χ3v) is 11.1. The smallest absolute Gasteiger partial charge is 0.465 e. The van der Waals surface area contributed by atoms with Crippen LogP contribution in [0.2, 0.25) is 0 Å². The molecule has 0 saturated heterocycles. The van der Waals surface area contributed by atoms with E-state index in [1.807, 2.05) is 20.8 Å². The molecule has 2 bridgehead atoms. The molecule has 4 aliphatic rings. The first-order valence-electron chi connectivity index (χ1n) is 13.6. The van der Waals surface area contributed by atoms with Crippen molar-refractivity contribution in [2.45, 2.75) is 78.6 Å². The second kappa shape index (κ2) is 9.03. The van der Waals surface area contributed by atoms with E-state index in [1.54, 1.807) is 18.2 Å². The van der Waals surface area contributed by atoms with Crippen LogP contribution in [0.25, 0.3) is 0 Å². The van der Waals surface area contributed by atoms with E-state index in [0.29, 0.717) is 18.3 Å². The third-order valence-electron chi connectivity index (χ3n) is 11.1. The van der Waals surface area contributed by atoms with Crippen molar-refractivity contribution in [1.29, 1.82) is 0 Å². The highest BCUT2D eigenvalue weighted by atomic mass is 16.5. The second-order valence-electron chi connectivity index (χ2n) is 12.6. The minimum absolute atomic E-state index is 0.0333. The fourth-order valence-electron chi connectivity index (χ4n) is 8.59. The Bertz CT molecular complexity index is 1200. The second-order valence-corrected chi connectivity index (χ2v) is 12.6.